The molecule has 0 saturated carbocycles. The number of aromatic carboxylic acids is 1. The zero-order valence-electron chi connectivity index (χ0n) is 9.76. The fourth-order valence-corrected chi connectivity index (χ4v) is 1.87. The van der Waals surface area contributed by atoms with Crippen LogP contribution < -0.4 is 10.6 Å². The van der Waals surface area contributed by atoms with Crippen LogP contribution in [-0.4, -0.2) is 54.2 Å². The van der Waals surface area contributed by atoms with Gasteiger partial charge in [-0.05, 0) is 13.1 Å². The number of hydrogen-bond acceptors (Lipinski definition) is 5. The van der Waals surface area contributed by atoms with Gasteiger partial charge in [-0.3, -0.25) is 0 Å². The Morgan fingerprint density at radius 3 is 2.59 bits per heavy atom. The highest BCUT2D eigenvalue weighted by Gasteiger charge is 2.18. The van der Waals surface area contributed by atoms with E-state index in [0.717, 1.165) is 26.2 Å². The summed E-state index contributed by atoms with van der Waals surface area (Å²) in [4.78, 5) is 19.2. The number of hydrogen-bond donors (Lipinski definition) is 2. The third kappa shape index (κ3) is 2.47. The first kappa shape index (κ1) is 11.7. The second kappa shape index (κ2) is 4.58. The number of nitrogens with zero attached hydrogens (tertiary/aromatic N) is 3. The van der Waals surface area contributed by atoms with E-state index in [1.54, 1.807) is 0 Å². The molecule has 0 spiro atoms. The number of piperazine rings is 1. The van der Waals surface area contributed by atoms with Crippen molar-refractivity contribution < 1.29 is 9.90 Å². The lowest BCUT2D eigenvalue weighted by atomic mass is 10.2. The number of aromatic nitrogens is 1. The molecule has 2 rings (SSSR count). The summed E-state index contributed by atoms with van der Waals surface area (Å²) in [5, 5.41) is 8.83. The van der Waals surface area contributed by atoms with Gasteiger partial charge >= 0.3 is 5.97 Å². The van der Waals surface area contributed by atoms with Crippen molar-refractivity contribution in [1.29, 1.82) is 0 Å². The van der Waals surface area contributed by atoms with Gasteiger partial charge in [-0.15, -0.1) is 0 Å². The molecule has 1 saturated heterocycles. The number of nitrogen functional groups attached to an aromatic ring is 1. The standard InChI is InChI=1S/C11H16N4O2/c1-14-2-4-15(5-3-14)10-9(12)6-8(7-13-10)11(16)17/h6-7H,2-5,12H2,1H3,(H,16,17). The van der Waals surface area contributed by atoms with Crippen LogP contribution in [0.1, 0.15) is 10.4 Å². The lowest BCUT2D eigenvalue weighted by molar-refractivity contribution is 0.0696. The van der Waals surface area contributed by atoms with Gasteiger partial charge in [-0.2, -0.15) is 0 Å². The van der Waals surface area contributed by atoms with Gasteiger partial charge in [-0.1, -0.05) is 0 Å². The monoisotopic (exact) mass is 236 g/mol. The Bertz CT molecular complexity index is 427. The largest absolute Gasteiger partial charge is 0.478 e. The van der Waals surface area contributed by atoms with Crippen LogP contribution in [0.4, 0.5) is 11.5 Å². The Morgan fingerprint density at radius 2 is 2.06 bits per heavy atom. The minimum absolute atomic E-state index is 0.125. The van der Waals surface area contributed by atoms with Crippen LogP contribution in [0.15, 0.2) is 12.3 Å². The van der Waals surface area contributed by atoms with Crippen molar-refractivity contribution in [3.63, 3.8) is 0 Å². The molecule has 0 unspecified atom stereocenters. The molecule has 17 heavy (non-hydrogen) atoms. The minimum Gasteiger partial charge on any atom is -0.478 e. The SMILES string of the molecule is CN1CCN(c2ncc(C(=O)O)cc2N)CC1. The van der Waals surface area contributed by atoms with Gasteiger partial charge in [0.2, 0.25) is 0 Å². The number of likely N-dealkylation sites (N-methyl/N-ethyl adjacent to an activating group) is 1. The lowest BCUT2D eigenvalue weighted by Gasteiger charge is -2.33. The first-order valence-electron chi connectivity index (χ1n) is 5.50. The molecule has 3 N–H and O–H groups in total. The van der Waals surface area contributed by atoms with E-state index in [1.165, 1.54) is 12.3 Å². The van der Waals surface area contributed by atoms with Gasteiger partial charge < -0.3 is 20.6 Å². The summed E-state index contributed by atoms with van der Waals surface area (Å²) >= 11 is 0. The smallest absolute Gasteiger partial charge is 0.337 e. The number of rotatable bonds is 2. The van der Waals surface area contributed by atoms with E-state index >= 15 is 0 Å². The summed E-state index contributed by atoms with van der Waals surface area (Å²) in [6.07, 6.45) is 1.35. The molecule has 1 aromatic rings. The molecule has 1 aliphatic heterocycles. The molecule has 92 valence electrons. The Kier molecular flexibility index (Phi) is 3.14. The van der Waals surface area contributed by atoms with Crippen LogP contribution >= 0.6 is 0 Å². The van der Waals surface area contributed by atoms with Crippen molar-refractivity contribution in [3.05, 3.63) is 17.8 Å². The fraction of sp³-hybridized carbons (Fsp3) is 0.455. The van der Waals surface area contributed by atoms with Gasteiger partial charge in [0.25, 0.3) is 0 Å². The van der Waals surface area contributed by atoms with Crippen molar-refractivity contribution in [2.24, 2.45) is 0 Å². The first-order chi connectivity index (χ1) is 8.08. The fourth-order valence-electron chi connectivity index (χ4n) is 1.87. The van der Waals surface area contributed by atoms with Crippen molar-refractivity contribution in [3.8, 4) is 0 Å². The van der Waals surface area contributed by atoms with Crippen LogP contribution in [0, 0.1) is 0 Å². The van der Waals surface area contributed by atoms with E-state index in [0.29, 0.717) is 11.5 Å². The number of carboxylic acids is 1. The van der Waals surface area contributed by atoms with Crippen molar-refractivity contribution >= 4 is 17.5 Å². The predicted octanol–water partition coefficient (Wildman–Crippen LogP) is 0.114. The Balaban J connectivity index is 2.19. The van der Waals surface area contributed by atoms with Crippen LogP contribution in [0.25, 0.3) is 0 Å². The van der Waals surface area contributed by atoms with Crippen molar-refractivity contribution in [2.45, 2.75) is 0 Å². The maximum absolute atomic E-state index is 10.8. The molecule has 2 heterocycles. The molecule has 6 heteroatoms. The highest BCUT2D eigenvalue weighted by molar-refractivity contribution is 5.89. The third-order valence-corrected chi connectivity index (χ3v) is 2.94. The van der Waals surface area contributed by atoms with E-state index < -0.39 is 5.97 Å². The normalized spacial score (nSPS) is 17.1. The van der Waals surface area contributed by atoms with E-state index in [4.69, 9.17) is 10.8 Å². The molecule has 1 fully saturated rings. The van der Waals surface area contributed by atoms with E-state index in [1.807, 2.05) is 0 Å². The Morgan fingerprint density at radius 1 is 1.41 bits per heavy atom. The molecular weight excluding hydrogens is 220 g/mol. The van der Waals surface area contributed by atoms with Crippen molar-refractivity contribution in [2.75, 3.05) is 43.9 Å². The van der Waals surface area contributed by atoms with Crippen LogP contribution in [0.5, 0.6) is 0 Å². The number of pyridine rings is 1. The molecule has 6 nitrogen and oxygen atoms in total. The van der Waals surface area contributed by atoms with Crippen LogP contribution in [0.3, 0.4) is 0 Å². The van der Waals surface area contributed by atoms with Crippen molar-refractivity contribution in [1.82, 2.24) is 9.88 Å². The first-order valence-corrected chi connectivity index (χ1v) is 5.50. The molecule has 0 radical (unpaired) electrons. The Labute approximate surface area is 99.7 Å². The number of carbonyl (C=O) groups is 1. The number of carboxylic acid groups (broad SMARTS) is 1. The second-order valence-electron chi connectivity index (χ2n) is 4.23. The molecule has 0 amide bonds. The quantitative estimate of drug-likeness (QED) is 0.758. The average Bonchev–Trinajstić information content (AvgIpc) is 2.30. The highest BCUT2D eigenvalue weighted by atomic mass is 16.4. The Hall–Kier alpha value is -1.82. The number of nitrogens with two attached hydrogens (primary N) is 1. The zero-order valence-corrected chi connectivity index (χ0v) is 9.76. The molecule has 1 aromatic heterocycles. The maximum Gasteiger partial charge on any atom is 0.337 e. The van der Waals surface area contributed by atoms with E-state index in [2.05, 4.69) is 21.8 Å². The van der Waals surface area contributed by atoms with Gasteiger partial charge in [0, 0.05) is 32.4 Å². The molecule has 0 aromatic carbocycles. The van der Waals surface area contributed by atoms with Crippen LogP contribution in [0.2, 0.25) is 0 Å². The number of anilines is 2. The lowest BCUT2D eigenvalue weighted by Crippen LogP contribution is -2.45. The van der Waals surface area contributed by atoms with Gasteiger partial charge in [0.15, 0.2) is 5.82 Å². The summed E-state index contributed by atoms with van der Waals surface area (Å²) in [7, 11) is 2.07. The third-order valence-electron chi connectivity index (χ3n) is 2.94. The summed E-state index contributed by atoms with van der Waals surface area (Å²) in [6.45, 7) is 3.64. The summed E-state index contributed by atoms with van der Waals surface area (Å²) in [5.41, 5.74) is 6.39. The molecule has 1 aliphatic rings. The average molecular weight is 236 g/mol. The topological polar surface area (TPSA) is 82.7 Å². The van der Waals surface area contributed by atoms with E-state index in [-0.39, 0.29) is 5.56 Å². The molecular formula is C11H16N4O2. The molecule has 0 bridgehead atoms. The minimum atomic E-state index is -1.01. The summed E-state index contributed by atoms with van der Waals surface area (Å²) in [5.74, 6) is -0.322. The van der Waals surface area contributed by atoms with Crippen LogP contribution in [-0.2, 0) is 0 Å². The predicted molar refractivity (Wildman–Crippen MR) is 65.3 cm³/mol. The zero-order chi connectivity index (χ0) is 12.4. The molecule has 0 aliphatic carbocycles. The summed E-state index contributed by atoms with van der Waals surface area (Å²) < 4.78 is 0. The van der Waals surface area contributed by atoms with E-state index in [9.17, 15) is 4.79 Å². The van der Waals surface area contributed by atoms with Gasteiger partial charge in [0.05, 0.1) is 11.3 Å². The second-order valence-corrected chi connectivity index (χ2v) is 4.23. The van der Waals surface area contributed by atoms with Gasteiger partial charge in [-0.25, -0.2) is 9.78 Å². The summed E-state index contributed by atoms with van der Waals surface area (Å²) in [6, 6.07) is 1.46. The highest BCUT2D eigenvalue weighted by Crippen LogP contribution is 2.22. The maximum atomic E-state index is 10.8. The molecule has 0 atom stereocenters. The van der Waals surface area contributed by atoms with Gasteiger partial charge in [0.1, 0.15) is 0 Å².